The van der Waals surface area contributed by atoms with Crippen molar-refractivity contribution in [3.05, 3.63) is 60.2 Å². The molecule has 0 aliphatic rings. The first-order valence-electron chi connectivity index (χ1n) is 9.42. The maximum atomic E-state index is 12.1. The van der Waals surface area contributed by atoms with Gasteiger partial charge in [-0.1, -0.05) is 69.3 Å². The second kappa shape index (κ2) is 9.07. The Labute approximate surface area is 168 Å². The molecule has 2 atom stereocenters. The van der Waals surface area contributed by atoms with Crippen molar-refractivity contribution >= 4 is 10.1 Å². The van der Waals surface area contributed by atoms with Gasteiger partial charge < -0.3 is 4.74 Å². The monoisotopic (exact) mass is 406 g/mol. The lowest BCUT2D eigenvalue weighted by molar-refractivity contribution is -0.286. The van der Waals surface area contributed by atoms with Crippen LogP contribution in [-0.2, 0) is 19.3 Å². The van der Waals surface area contributed by atoms with Crippen LogP contribution in [0.5, 0.6) is 5.75 Å². The van der Waals surface area contributed by atoms with Crippen LogP contribution in [-0.4, -0.2) is 14.7 Å². The van der Waals surface area contributed by atoms with Gasteiger partial charge in [0.2, 0.25) is 6.29 Å². The zero-order valence-corrected chi connectivity index (χ0v) is 18.2. The van der Waals surface area contributed by atoms with Gasteiger partial charge in [-0.15, -0.1) is 0 Å². The second-order valence-electron chi connectivity index (χ2n) is 8.27. The number of rotatable bonds is 8. The molecule has 0 aliphatic heterocycles. The number of benzene rings is 2. The van der Waals surface area contributed by atoms with Crippen LogP contribution in [0.25, 0.3) is 0 Å². The lowest BCUT2D eigenvalue weighted by atomic mass is 9.70. The normalized spacial score (nSPS) is 14.7. The van der Waals surface area contributed by atoms with Crippen molar-refractivity contribution in [3.8, 4) is 5.75 Å². The molecule has 0 bridgehead atoms. The smallest absolute Gasteiger partial charge is 0.323 e. The fourth-order valence-electron chi connectivity index (χ4n) is 3.58. The minimum absolute atomic E-state index is 0.0217. The number of ether oxygens (including phenoxy) is 1. The first-order chi connectivity index (χ1) is 13.0. The van der Waals surface area contributed by atoms with Crippen molar-refractivity contribution in [2.75, 3.05) is 0 Å². The van der Waals surface area contributed by atoms with E-state index in [1.165, 1.54) is 17.7 Å². The lowest BCUT2D eigenvalue weighted by Crippen LogP contribution is -2.23. The molecule has 0 fully saturated rings. The highest BCUT2D eigenvalue weighted by atomic mass is 32.2. The third kappa shape index (κ3) is 6.06. The van der Waals surface area contributed by atoms with E-state index in [0.29, 0.717) is 17.6 Å². The summed E-state index contributed by atoms with van der Waals surface area (Å²) < 4.78 is 34.4. The van der Waals surface area contributed by atoms with Crippen molar-refractivity contribution in [3.63, 3.8) is 0 Å². The average Bonchev–Trinajstić information content (AvgIpc) is 2.61. The van der Waals surface area contributed by atoms with E-state index in [4.69, 9.17) is 9.62 Å². The van der Waals surface area contributed by atoms with Crippen LogP contribution in [0.15, 0.2) is 59.5 Å². The minimum Gasteiger partial charge on any atom is -0.462 e. The van der Waals surface area contributed by atoms with Gasteiger partial charge >= 0.3 is 10.1 Å². The van der Waals surface area contributed by atoms with E-state index in [1.54, 1.807) is 25.1 Å². The predicted molar refractivity (Wildman–Crippen MR) is 109 cm³/mol. The van der Waals surface area contributed by atoms with Gasteiger partial charge in [0.25, 0.3) is 0 Å². The topological polar surface area (TPSA) is 61.8 Å². The van der Waals surface area contributed by atoms with Crippen LogP contribution in [0.4, 0.5) is 0 Å². The first kappa shape index (κ1) is 22.4. The fraction of sp³-hybridized carbons (Fsp3) is 0.455. The SMILES string of the molecule is CC(OOS(=O)(=O)c1ccccc1)Oc1ccc(C(C(C)C)C(C)(C)C)cc1. The molecule has 6 heteroatoms. The molecule has 2 rings (SSSR count). The van der Waals surface area contributed by atoms with Crippen LogP contribution >= 0.6 is 0 Å². The summed E-state index contributed by atoms with van der Waals surface area (Å²) in [5, 5.41) is 0. The Morgan fingerprint density at radius 2 is 1.43 bits per heavy atom. The molecule has 2 aromatic carbocycles. The van der Waals surface area contributed by atoms with E-state index in [0.717, 1.165) is 0 Å². The zero-order chi connectivity index (χ0) is 20.9. The van der Waals surface area contributed by atoms with Crippen molar-refractivity contribution in [1.82, 2.24) is 0 Å². The molecular weight excluding hydrogens is 376 g/mol. The van der Waals surface area contributed by atoms with Gasteiger partial charge in [-0.25, -0.2) is 0 Å². The Morgan fingerprint density at radius 3 is 1.93 bits per heavy atom. The van der Waals surface area contributed by atoms with Gasteiger partial charge in [0.1, 0.15) is 5.75 Å². The molecule has 0 N–H and O–H groups in total. The summed E-state index contributed by atoms with van der Waals surface area (Å²) in [5.74, 6) is 1.49. The van der Waals surface area contributed by atoms with Crippen molar-refractivity contribution in [2.45, 2.75) is 58.6 Å². The van der Waals surface area contributed by atoms with Crippen LogP contribution < -0.4 is 4.74 Å². The quantitative estimate of drug-likeness (QED) is 0.327. The Morgan fingerprint density at radius 1 is 0.857 bits per heavy atom. The largest absolute Gasteiger partial charge is 0.462 e. The summed E-state index contributed by atoms with van der Waals surface area (Å²) >= 11 is 0. The maximum Gasteiger partial charge on any atom is 0.323 e. The maximum absolute atomic E-state index is 12.1. The Hall–Kier alpha value is -1.89. The number of hydrogen-bond donors (Lipinski definition) is 0. The van der Waals surface area contributed by atoms with Crippen LogP contribution in [0.3, 0.4) is 0 Å². The van der Waals surface area contributed by atoms with Gasteiger partial charge in [0, 0.05) is 6.92 Å². The van der Waals surface area contributed by atoms with Gasteiger partial charge in [-0.05, 0) is 47.1 Å². The number of hydrogen-bond acceptors (Lipinski definition) is 5. The molecule has 0 heterocycles. The van der Waals surface area contributed by atoms with Crippen molar-refractivity contribution in [1.29, 1.82) is 0 Å². The fourth-order valence-corrected chi connectivity index (χ4v) is 4.37. The van der Waals surface area contributed by atoms with E-state index in [9.17, 15) is 8.42 Å². The molecule has 0 aliphatic carbocycles. The summed E-state index contributed by atoms with van der Waals surface area (Å²) in [7, 11) is -3.99. The molecule has 28 heavy (non-hydrogen) atoms. The third-order valence-corrected chi connectivity index (χ3v) is 5.54. The van der Waals surface area contributed by atoms with E-state index < -0.39 is 16.4 Å². The van der Waals surface area contributed by atoms with Crippen molar-refractivity contribution in [2.24, 2.45) is 11.3 Å². The second-order valence-corrected chi connectivity index (χ2v) is 9.79. The van der Waals surface area contributed by atoms with Crippen molar-refractivity contribution < 1.29 is 22.4 Å². The van der Waals surface area contributed by atoms with Gasteiger partial charge in [-0.2, -0.15) is 13.3 Å². The molecule has 0 amide bonds. The first-order valence-corrected chi connectivity index (χ1v) is 10.8. The summed E-state index contributed by atoms with van der Waals surface area (Å²) in [4.78, 5) is 4.95. The highest BCUT2D eigenvalue weighted by Gasteiger charge is 2.29. The van der Waals surface area contributed by atoms with Crippen LogP contribution in [0.2, 0.25) is 0 Å². The van der Waals surface area contributed by atoms with E-state index in [1.807, 2.05) is 24.3 Å². The molecule has 5 nitrogen and oxygen atoms in total. The minimum atomic E-state index is -3.99. The van der Waals surface area contributed by atoms with E-state index in [2.05, 4.69) is 39.0 Å². The molecule has 2 unspecified atom stereocenters. The lowest BCUT2D eigenvalue weighted by Gasteiger charge is -2.34. The van der Waals surface area contributed by atoms with Gasteiger partial charge in [0.15, 0.2) is 0 Å². The van der Waals surface area contributed by atoms with Gasteiger partial charge in [0.05, 0.1) is 4.90 Å². The highest BCUT2D eigenvalue weighted by molar-refractivity contribution is 7.86. The van der Waals surface area contributed by atoms with Crippen LogP contribution in [0.1, 0.15) is 53.0 Å². The zero-order valence-electron chi connectivity index (χ0n) is 17.4. The third-order valence-electron chi connectivity index (χ3n) is 4.44. The van der Waals surface area contributed by atoms with Crippen LogP contribution in [0, 0.1) is 11.3 Å². The molecule has 154 valence electrons. The van der Waals surface area contributed by atoms with E-state index >= 15 is 0 Å². The summed E-state index contributed by atoms with van der Waals surface area (Å²) in [6.45, 7) is 12.7. The Balaban J connectivity index is 1.98. The molecule has 0 saturated heterocycles. The molecular formula is C22H30O5S. The Kier molecular flexibility index (Phi) is 7.26. The summed E-state index contributed by atoms with van der Waals surface area (Å²) in [5.41, 5.74) is 1.39. The summed E-state index contributed by atoms with van der Waals surface area (Å²) in [6.07, 6.45) is -0.896. The molecule has 2 aromatic rings. The predicted octanol–water partition coefficient (Wildman–Crippen LogP) is 5.53. The Bertz CT molecular complexity index is 837. The molecule has 0 spiro atoms. The standard InChI is InChI=1S/C22H30O5S/c1-16(2)21(22(4,5)6)18-12-14-19(15-13-18)25-17(3)26-27-28(23,24)20-10-8-7-9-11-20/h7-17,21H,1-6H3. The molecule has 0 radical (unpaired) electrons. The van der Waals surface area contributed by atoms with E-state index in [-0.39, 0.29) is 10.3 Å². The molecule has 0 aromatic heterocycles. The highest BCUT2D eigenvalue weighted by Crippen LogP contribution is 2.40. The molecule has 0 saturated carbocycles. The van der Waals surface area contributed by atoms with Gasteiger partial charge in [-0.3, -0.25) is 0 Å². The summed E-state index contributed by atoms with van der Waals surface area (Å²) in [6, 6.07) is 15.6. The average molecular weight is 407 g/mol.